The molecule has 0 aromatic heterocycles. The second-order valence-electron chi connectivity index (χ2n) is 4.24. The molecule has 1 aliphatic rings. The van der Waals surface area contributed by atoms with E-state index in [0.717, 1.165) is 25.5 Å². The van der Waals surface area contributed by atoms with Gasteiger partial charge in [0.15, 0.2) is 23.1 Å². The molecule has 17 heavy (non-hydrogen) atoms. The van der Waals surface area contributed by atoms with Gasteiger partial charge in [0.2, 0.25) is 0 Å². The van der Waals surface area contributed by atoms with Gasteiger partial charge in [-0.2, -0.15) is 0 Å². The van der Waals surface area contributed by atoms with Crippen molar-refractivity contribution in [3.05, 3.63) is 17.4 Å². The first kappa shape index (κ1) is 12.0. The predicted octanol–water partition coefficient (Wildman–Crippen LogP) is 1.54. The Hall–Kier alpha value is -1.49. The van der Waals surface area contributed by atoms with Crippen LogP contribution >= 0.6 is 0 Å². The van der Waals surface area contributed by atoms with Crippen LogP contribution in [0, 0.1) is 5.82 Å². The van der Waals surface area contributed by atoms with Gasteiger partial charge >= 0.3 is 0 Å². The third-order valence-electron chi connectivity index (χ3n) is 3.11. The van der Waals surface area contributed by atoms with Crippen LogP contribution in [-0.4, -0.2) is 29.9 Å². The molecular formula is C12H16FNO3. The number of phenolic OH excluding ortho intramolecular Hbond substituents is 2. The first-order valence-corrected chi connectivity index (χ1v) is 5.64. The number of benzene rings is 1. The summed E-state index contributed by atoms with van der Waals surface area (Å²) in [4.78, 5) is 0. The van der Waals surface area contributed by atoms with E-state index in [-0.39, 0.29) is 23.1 Å². The van der Waals surface area contributed by atoms with Crippen molar-refractivity contribution in [1.29, 1.82) is 0 Å². The van der Waals surface area contributed by atoms with Crippen LogP contribution in [0.4, 0.5) is 4.39 Å². The molecule has 3 N–H and O–H groups in total. The van der Waals surface area contributed by atoms with Crippen LogP contribution in [0.2, 0.25) is 0 Å². The van der Waals surface area contributed by atoms with Gasteiger partial charge in [0.25, 0.3) is 0 Å². The Morgan fingerprint density at radius 2 is 2.29 bits per heavy atom. The van der Waals surface area contributed by atoms with Crippen molar-refractivity contribution < 1.29 is 19.3 Å². The molecule has 1 aliphatic heterocycles. The molecule has 0 bridgehead atoms. The SMILES string of the molecule is COc1cc(O)c(O)c(CC2CCCN2)c1F. The summed E-state index contributed by atoms with van der Waals surface area (Å²) >= 11 is 0. The number of ether oxygens (including phenoxy) is 1. The molecular weight excluding hydrogens is 225 g/mol. The van der Waals surface area contributed by atoms with Crippen LogP contribution in [0.3, 0.4) is 0 Å². The van der Waals surface area contributed by atoms with Crippen molar-refractivity contribution in [2.75, 3.05) is 13.7 Å². The number of hydrogen-bond donors (Lipinski definition) is 3. The summed E-state index contributed by atoms with van der Waals surface area (Å²) in [6.07, 6.45) is 2.34. The Morgan fingerprint density at radius 3 is 2.88 bits per heavy atom. The first-order chi connectivity index (χ1) is 8.13. The van der Waals surface area contributed by atoms with E-state index in [9.17, 15) is 14.6 Å². The Labute approximate surface area is 99.0 Å². The van der Waals surface area contributed by atoms with Gasteiger partial charge in [-0.3, -0.25) is 0 Å². The standard InChI is InChI=1S/C12H16FNO3/c1-17-10-6-9(15)12(16)8(11(10)13)5-7-3-2-4-14-7/h6-7,14-16H,2-5H2,1H3. The predicted molar refractivity (Wildman–Crippen MR) is 61.0 cm³/mol. The number of methoxy groups -OCH3 is 1. The fourth-order valence-corrected chi connectivity index (χ4v) is 2.18. The number of phenols is 2. The van der Waals surface area contributed by atoms with Crippen LogP contribution in [0.25, 0.3) is 0 Å². The topological polar surface area (TPSA) is 61.7 Å². The smallest absolute Gasteiger partial charge is 0.172 e. The Balaban J connectivity index is 2.33. The maximum atomic E-state index is 13.9. The lowest BCUT2D eigenvalue weighted by Gasteiger charge is -2.15. The zero-order valence-electron chi connectivity index (χ0n) is 9.66. The molecule has 0 aliphatic carbocycles. The average Bonchev–Trinajstić information content (AvgIpc) is 2.82. The molecule has 0 radical (unpaired) electrons. The highest BCUT2D eigenvalue weighted by Crippen LogP contribution is 2.37. The normalized spacial score (nSPS) is 19.5. The highest BCUT2D eigenvalue weighted by molar-refractivity contribution is 5.51. The van der Waals surface area contributed by atoms with Crippen LogP contribution in [0.15, 0.2) is 6.07 Å². The second-order valence-corrected chi connectivity index (χ2v) is 4.24. The minimum Gasteiger partial charge on any atom is -0.504 e. The van der Waals surface area contributed by atoms with Crippen molar-refractivity contribution >= 4 is 0 Å². The number of halogens is 1. The van der Waals surface area contributed by atoms with Gasteiger partial charge in [-0.15, -0.1) is 0 Å². The lowest BCUT2D eigenvalue weighted by atomic mass is 10.0. The minimum absolute atomic E-state index is 0.0479. The van der Waals surface area contributed by atoms with Gasteiger partial charge in [-0.25, -0.2) is 4.39 Å². The maximum absolute atomic E-state index is 13.9. The van der Waals surface area contributed by atoms with E-state index < -0.39 is 11.6 Å². The fraction of sp³-hybridized carbons (Fsp3) is 0.500. The molecule has 1 heterocycles. The van der Waals surface area contributed by atoms with Gasteiger partial charge in [-0.1, -0.05) is 0 Å². The summed E-state index contributed by atoms with van der Waals surface area (Å²) < 4.78 is 18.8. The van der Waals surface area contributed by atoms with E-state index in [4.69, 9.17) is 4.74 Å². The van der Waals surface area contributed by atoms with Crippen LogP contribution in [-0.2, 0) is 6.42 Å². The molecule has 1 aromatic rings. The largest absolute Gasteiger partial charge is 0.504 e. The maximum Gasteiger partial charge on any atom is 0.172 e. The summed E-state index contributed by atoms with van der Waals surface area (Å²) in [7, 11) is 1.33. The van der Waals surface area contributed by atoms with Gasteiger partial charge in [0, 0.05) is 17.7 Å². The molecule has 0 spiro atoms. The molecule has 1 fully saturated rings. The fourth-order valence-electron chi connectivity index (χ4n) is 2.18. The molecule has 1 atom stereocenters. The monoisotopic (exact) mass is 241 g/mol. The Bertz CT molecular complexity index is 417. The zero-order chi connectivity index (χ0) is 12.4. The quantitative estimate of drug-likeness (QED) is 0.702. The summed E-state index contributed by atoms with van der Waals surface area (Å²) in [6.45, 7) is 0.906. The van der Waals surface area contributed by atoms with Crippen LogP contribution in [0.5, 0.6) is 17.2 Å². The molecule has 0 amide bonds. The lowest BCUT2D eigenvalue weighted by molar-refractivity contribution is 0.357. The molecule has 1 unspecified atom stereocenters. The van der Waals surface area contributed by atoms with Gasteiger partial charge < -0.3 is 20.3 Å². The summed E-state index contributed by atoms with van der Waals surface area (Å²) in [6, 6.07) is 1.22. The van der Waals surface area contributed by atoms with Crippen molar-refractivity contribution in [3.63, 3.8) is 0 Å². The molecule has 1 saturated heterocycles. The van der Waals surface area contributed by atoms with Crippen LogP contribution < -0.4 is 10.1 Å². The molecule has 94 valence electrons. The first-order valence-electron chi connectivity index (χ1n) is 5.64. The number of aromatic hydroxyl groups is 2. The molecule has 4 nitrogen and oxygen atoms in total. The third-order valence-corrected chi connectivity index (χ3v) is 3.11. The molecule has 5 heteroatoms. The second kappa shape index (κ2) is 4.79. The molecule has 2 rings (SSSR count). The number of nitrogens with one attached hydrogen (secondary N) is 1. The van der Waals surface area contributed by atoms with Crippen LogP contribution in [0.1, 0.15) is 18.4 Å². The van der Waals surface area contributed by atoms with Crippen molar-refractivity contribution in [2.45, 2.75) is 25.3 Å². The van der Waals surface area contributed by atoms with E-state index in [1.165, 1.54) is 7.11 Å². The summed E-state index contributed by atoms with van der Waals surface area (Å²) in [5.74, 6) is -1.39. The van der Waals surface area contributed by atoms with Crippen molar-refractivity contribution in [1.82, 2.24) is 5.32 Å². The number of rotatable bonds is 3. The highest BCUT2D eigenvalue weighted by Gasteiger charge is 2.23. The van der Waals surface area contributed by atoms with E-state index in [0.29, 0.717) is 6.42 Å². The third kappa shape index (κ3) is 2.29. The van der Waals surface area contributed by atoms with E-state index in [1.54, 1.807) is 0 Å². The van der Waals surface area contributed by atoms with Crippen molar-refractivity contribution in [3.8, 4) is 17.2 Å². The Morgan fingerprint density at radius 1 is 1.53 bits per heavy atom. The Kier molecular flexibility index (Phi) is 3.38. The van der Waals surface area contributed by atoms with Gasteiger partial charge in [-0.05, 0) is 25.8 Å². The summed E-state index contributed by atoms with van der Waals surface area (Å²) in [5, 5.41) is 22.4. The lowest BCUT2D eigenvalue weighted by Crippen LogP contribution is -2.24. The van der Waals surface area contributed by atoms with E-state index in [1.807, 2.05) is 0 Å². The van der Waals surface area contributed by atoms with E-state index in [2.05, 4.69) is 5.32 Å². The molecule has 0 saturated carbocycles. The molecule has 1 aromatic carbocycles. The van der Waals surface area contributed by atoms with Gasteiger partial charge in [0.05, 0.1) is 7.11 Å². The summed E-state index contributed by atoms with van der Waals surface area (Å²) in [5.41, 5.74) is 0.112. The van der Waals surface area contributed by atoms with Crippen molar-refractivity contribution in [2.24, 2.45) is 0 Å². The minimum atomic E-state index is -0.600. The zero-order valence-corrected chi connectivity index (χ0v) is 9.66. The van der Waals surface area contributed by atoms with E-state index >= 15 is 0 Å². The average molecular weight is 241 g/mol. The number of hydrogen-bond acceptors (Lipinski definition) is 4. The highest BCUT2D eigenvalue weighted by atomic mass is 19.1. The van der Waals surface area contributed by atoms with Gasteiger partial charge in [0.1, 0.15) is 0 Å².